The van der Waals surface area contributed by atoms with Crippen molar-refractivity contribution in [2.45, 2.75) is 6.17 Å². The standard InChI is InChI=1S/C18H20N2O4/c1-23-10-9-20-17(12-7-8-15(21)16(11-12)24-2)19-14-6-4-3-5-13(14)18(20)22/h3-8,11,17,19,21H,9-10H2,1-2H3. The van der Waals surface area contributed by atoms with Crippen molar-refractivity contribution in [2.24, 2.45) is 0 Å². The van der Waals surface area contributed by atoms with Crippen LogP contribution in [0, 0.1) is 0 Å². The van der Waals surface area contributed by atoms with E-state index < -0.39 is 0 Å². The highest BCUT2D eigenvalue weighted by atomic mass is 16.5. The van der Waals surface area contributed by atoms with Crippen molar-refractivity contribution in [3.8, 4) is 11.5 Å². The zero-order valence-electron chi connectivity index (χ0n) is 13.7. The number of phenolic OH excluding ortho intramolecular Hbond substituents is 1. The van der Waals surface area contributed by atoms with Gasteiger partial charge in [0, 0.05) is 19.3 Å². The number of nitrogens with one attached hydrogen (secondary N) is 1. The van der Waals surface area contributed by atoms with Crippen molar-refractivity contribution in [1.29, 1.82) is 0 Å². The molecule has 2 aromatic rings. The number of ether oxygens (including phenoxy) is 2. The number of methoxy groups -OCH3 is 2. The fourth-order valence-electron chi connectivity index (χ4n) is 2.84. The van der Waals surface area contributed by atoms with Gasteiger partial charge < -0.3 is 24.8 Å². The van der Waals surface area contributed by atoms with Crippen LogP contribution in [-0.4, -0.2) is 43.3 Å². The molecule has 2 N–H and O–H groups in total. The molecule has 0 spiro atoms. The Morgan fingerprint density at radius 2 is 2.00 bits per heavy atom. The Morgan fingerprint density at radius 1 is 1.21 bits per heavy atom. The third-order valence-electron chi connectivity index (χ3n) is 4.08. The number of fused-ring (bicyclic) bond motifs is 1. The molecule has 0 saturated heterocycles. The van der Waals surface area contributed by atoms with Crippen LogP contribution >= 0.6 is 0 Å². The van der Waals surface area contributed by atoms with E-state index in [2.05, 4.69) is 5.32 Å². The van der Waals surface area contributed by atoms with Crippen molar-refractivity contribution >= 4 is 11.6 Å². The van der Waals surface area contributed by atoms with E-state index in [9.17, 15) is 9.90 Å². The number of carbonyl (C=O) groups is 1. The van der Waals surface area contributed by atoms with Crippen LogP contribution in [0.5, 0.6) is 11.5 Å². The van der Waals surface area contributed by atoms with Crippen LogP contribution in [-0.2, 0) is 4.74 Å². The maximum Gasteiger partial charge on any atom is 0.257 e. The number of hydrogen-bond donors (Lipinski definition) is 2. The van der Waals surface area contributed by atoms with Gasteiger partial charge in [0.2, 0.25) is 0 Å². The molecule has 0 aliphatic carbocycles. The number of anilines is 1. The van der Waals surface area contributed by atoms with Gasteiger partial charge in [-0.25, -0.2) is 0 Å². The average molecular weight is 328 g/mol. The number of benzene rings is 2. The molecule has 6 nitrogen and oxygen atoms in total. The lowest BCUT2D eigenvalue weighted by molar-refractivity contribution is 0.0609. The predicted molar refractivity (Wildman–Crippen MR) is 90.4 cm³/mol. The zero-order valence-corrected chi connectivity index (χ0v) is 13.7. The minimum absolute atomic E-state index is 0.0570. The van der Waals surface area contributed by atoms with Crippen LogP contribution in [0.4, 0.5) is 5.69 Å². The Hall–Kier alpha value is -2.73. The second-order valence-electron chi connectivity index (χ2n) is 5.52. The van der Waals surface area contributed by atoms with E-state index in [0.717, 1.165) is 11.3 Å². The van der Waals surface area contributed by atoms with E-state index >= 15 is 0 Å². The number of aromatic hydroxyl groups is 1. The van der Waals surface area contributed by atoms with Crippen LogP contribution in [0.2, 0.25) is 0 Å². The van der Waals surface area contributed by atoms with Gasteiger partial charge in [-0.1, -0.05) is 18.2 Å². The molecule has 1 aliphatic rings. The minimum atomic E-state index is -0.364. The van der Waals surface area contributed by atoms with Gasteiger partial charge in [-0.2, -0.15) is 0 Å². The molecule has 1 atom stereocenters. The summed E-state index contributed by atoms with van der Waals surface area (Å²) in [5, 5.41) is 13.2. The fourth-order valence-corrected chi connectivity index (χ4v) is 2.84. The number of nitrogens with zero attached hydrogens (tertiary/aromatic N) is 1. The van der Waals surface area contributed by atoms with Crippen molar-refractivity contribution in [3.63, 3.8) is 0 Å². The summed E-state index contributed by atoms with van der Waals surface area (Å²) in [5.74, 6) is 0.373. The second-order valence-corrected chi connectivity index (χ2v) is 5.52. The van der Waals surface area contributed by atoms with E-state index in [-0.39, 0.29) is 17.8 Å². The van der Waals surface area contributed by atoms with E-state index in [1.807, 2.05) is 18.2 Å². The molecule has 0 bridgehead atoms. The molecule has 126 valence electrons. The lowest BCUT2D eigenvalue weighted by Gasteiger charge is -2.38. The first kappa shape index (κ1) is 16.1. The molecule has 1 unspecified atom stereocenters. The highest BCUT2D eigenvalue weighted by Crippen LogP contribution is 2.36. The first-order valence-electron chi connectivity index (χ1n) is 7.68. The largest absolute Gasteiger partial charge is 0.504 e. The Morgan fingerprint density at radius 3 is 2.75 bits per heavy atom. The van der Waals surface area contributed by atoms with Gasteiger partial charge in [0.05, 0.1) is 19.3 Å². The molecule has 1 aliphatic heterocycles. The predicted octanol–water partition coefficient (Wildman–Crippen LogP) is 2.61. The summed E-state index contributed by atoms with van der Waals surface area (Å²) in [7, 11) is 3.10. The molecule has 0 fully saturated rings. The Balaban J connectivity index is 2.02. The van der Waals surface area contributed by atoms with Gasteiger partial charge in [0.25, 0.3) is 5.91 Å². The molecule has 3 rings (SSSR count). The Bertz CT molecular complexity index is 748. The first-order chi connectivity index (χ1) is 11.7. The quantitative estimate of drug-likeness (QED) is 0.883. The SMILES string of the molecule is COCCN1C(=O)c2ccccc2NC1c1ccc(O)c(OC)c1. The number of rotatable bonds is 5. The molecular weight excluding hydrogens is 308 g/mol. The smallest absolute Gasteiger partial charge is 0.257 e. The molecule has 6 heteroatoms. The highest BCUT2D eigenvalue weighted by molar-refractivity contribution is 6.01. The fraction of sp³-hybridized carbons (Fsp3) is 0.278. The number of carbonyl (C=O) groups excluding carboxylic acids is 1. The van der Waals surface area contributed by atoms with Gasteiger partial charge in [-0.15, -0.1) is 0 Å². The van der Waals surface area contributed by atoms with Crippen molar-refractivity contribution in [3.05, 3.63) is 53.6 Å². The lowest BCUT2D eigenvalue weighted by Crippen LogP contribution is -2.44. The second kappa shape index (κ2) is 6.80. The molecule has 0 aromatic heterocycles. The normalized spacial score (nSPS) is 16.5. The van der Waals surface area contributed by atoms with Gasteiger partial charge in [0.15, 0.2) is 11.5 Å². The third-order valence-corrected chi connectivity index (χ3v) is 4.08. The third kappa shape index (κ3) is 2.88. The molecule has 2 aromatic carbocycles. The average Bonchev–Trinajstić information content (AvgIpc) is 2.61. The summed E-state index contributed by atoms with van der Waals surface area (Å²) in [4.78, 5) is 14.6. The Kier molecular flexibility index (Phi) is 4.57. The van der Waals surface area contributed by atoms with Gasteiger partial charge >= 0.3 is 0 Å². The summed E-state index contributed by atoms with van der Waals surface area (Å²) in [6, 6.07) is 12.5. The van der Waals surface area contributed by atoms with Crippen molar-refractivity contribution < 1.29 is 19.4 Å². The van der Waals surface area contributed by atoms with Gasteiger partial charge in [0.1, 0.15) is 6.17 Å². The number of para-hydroxylation sites is 1. The van der Waals surface area contributed by atoms with E-state index in [1.54, 1.807) is 36.3 Å². The zero-order chi connectivity index (χ0) is 17.1. The summed E-state index contributed by atoms with van der Waals surface area (Å²) in [5.41, 5.74) is 2.24. The van der Waals surface area contributed by atoms with Crippen LogP contribution < -0.4 is 10.1 Å². The lowest BCUT2D eigenvalue weighted by atomic mass is 10.0. The van der Waals surface area contributed by atoms with E-state index in [1.165, 1.54) is 7.11 Å². The Labute approximate surface area is 140 Å². The monoisotopic (exact) mass is 328 g/mol. The molecule has 0 radical (unpaired) electrons. The number of phenols is 1. The van der Waals surface area contributed by atoms with Crippen molar-refractivity contribution in [1.82, 2.24) is 4.90 Å². The summed E-state index contributed by atoms with van der Waals surface area (Å²) in [6.45, 7) is 0.881. The van der Waals surface area contributed by atoms with E-state index in [4.69, 9.17) is 9.47 Å². The topological polar surface area (TPSA) is 71.0 Å². The molecule has 1 heterocycles. The molecular formula is C18H20N2O4. The molecule has 0 saturated carbocycles. The molecule has 24 heavy (non-hydrogen) atoms. The molecule has 1 amide bonds. The minimum Gasteiger partial charge on any atom is -0.504 e. The van der Waals surface area contributed by atoms with Crippen LogP contribution in [0.25, 0.3) is 0 Å². The highest BCUT2D eigenvalue weighted by Gasteiger charge is 2.32. The number of amides is 1. The van der Waals surface area contributed by atoms with Crippen LogP contribution in [0.15, 0.2) is 42.5 Å². The van der Waals surface area contributed by atoms with Crippen molar-refractivity contribution in [2.75, 3.05) is 32.7 Å². The summed E-state index contributed by atoms with van der Waals surface area (Å²) >= 11 is 0. The van der Waals surface area contributed by atoms with Gasteiger partial charge in [-0.3, -0.25) is 4.79 Å². The number of hydrogen-bond acceptors (Lipinski definition) is 5. The van der Waals surface area contributed by atoms with Crippen LogP contribution in [0.1, 0.15) is 22.1 Å². The first-order valence-corrected chi connectivity index (χ1v) is 7.68. The maximum absolute atomic E-state index is 12.9. The maximum atomic E-state index is 12.9. The summed E-state index contributed by atoms with van der Waals surface area (Å²) < 4.78 is 10.3. The summed E-state index contributed by atoms with van der Waals surface area (Å²) in [6.07, 6.45) is -0.364. The van der Waals surface area contributed by atoms with Gasteiger partial charge in [-0.05, 0) is 29.8 Å². The van der Waals surface area contributed by atoms with Crippen LogP contribution in [0.3, 0.4) is 0 Å². The van der Waals surface area contributed by atoms with E-state index in [0.29, 0.717) is 24.5 Å².